The summed E-state index contributed by atoms with van der Waals surface area (Å²) in [6.45, 7) is 4.87. The van der Waals surface area contributed by atoms with E-state index in [1.807, 2.05) is 25.4 Å². The maximum Gasteiger partial charge on any atom is 0.137 e. The largest absolute Gasteiger partial charge is 0.307 e. The molecule has 0 unspecified atom stereocenters. The van der Waals surface area contributed by atoms with Gasteiger partial charge in [0.15, 0.2) is 0 Å². The first-order valence-electron chi connectivity index (χ1n) is 10.2. The van der Waals surface area contributed by atoms with Crippen LogP contribution in [0.15, 0.2) is 73.3 Å². The minimum Gasteiger partial charge on any atom is -0.307 e. The number of aryl methyl sites for hydroxylation is 1. The number of benzene rings is 1. The third kappa shape index (κ3) is 3.42. The van der Waals surface area contributed by atoms with E-state index in [2.05, 4.69) is 74.1 Å². The van der Waals surface area contributed by atoms with E-state index in [0.717, 1.165) is 43.9 Å². The van der Waals surface area contributed by atoms with Crippen LogP contribution in [-0.4, -0.2) is 37.3 Å². The van der Waals surface area contributed by atoms with E-state index in [1.54, 1.807) is 0 Å². The zero-order valence-corrected chi connectivity index (χ0v) is 16.7. The standard InChI is InChI=1S/C24H25N5/c1-19-25-15-20(16-26-19)17-28-13-10-24(11-14-28,21-7-3-2-4-8-21)22-18-29-12-6-5-9-23(29)27-22/h2-9,12,15-16,18H,10-11,13-14,17H2,1H3. The molecule has 0 atom stereocenters. The molecule has 4 aromatic rings. The Morgan fingerprint density at radius 3 is 2.38 bits per heavy atom. The lowest BCUT2D eigenvalue weighted by Gasteiger charge is -2.41. The van der Waals surface area contributed by atoms with Gasteiger partial charge in [0, 0.05) is 42.3 Å². The molecular formula is C24H25N5. The quantitative estimate of drug-likeness (QED) is 0.534. The molecule has 0 aliphatic carbocycles. The van der Waals surface area contributed by atoms with Crippen molar-refractivity contribution in [2.24, 2.45) is 0 Å². The van der Waals surface area contributed by atoms with E-state index in [-0.39, 0.29) is 5.41 Å². The molecule has 0 saturated carbocycles. The molecule has 5 heteroatoms. The molecule has 0 bridgehead atoms. The average Bonchev–Trinajstić information content (AvgIpc) is 3.21. The Labute approximate surface area is 171 Å². The summed E-state index contributed by atoms with van der Waals surface area (Å²) in [4.78, 5) is 16.2. The molecule has 1 aliphatic heterocycles. The molecule has 146 valence electrons. The van der Waals surface area contributed by atoms with Crippen LogP contribution in [0.3, 0.4) is 0 Å². The van der Waals surface area contributed by atoms with Crippen LogP contribution in [0.2, 0.25) is 0 Å². The van der Waals surface area contributed by atoms with Crippen molar-refractivity contribution in [3.63, 3.8) is 0 Å². The molecule has 5 nitrogen and oxygen atoms in total. The molecule has 0 amide bonds. The zero-order valence-electron chi connectivity index (χ0n) is 16.7. The topological polar surface area (TPSA) is 46.3 Å². The summed E-state index contributed by atoms with van der Waals surface area (Å²) in [5.41, 5.74) is 4.68. The SMILES string of the molecule is Cc1ncc(CN2CCC(c3ccccc3)(c3cn4ccccc4n3)CC2)cn1. The van der Waals surface area contributed by atoms with E-state index < -0.39 is 0 Å². The van der Waals surface area contributed by atoms with E-state index in [0.29, 0.717) is 0 Å². The first-order chi connectivity index (χ1) is 14.2. The van der Waals surface area contributed by atoms with Crippen LogP contribution < -0.4 is 0 Å². The van der Waals surface area contributed by atoms with Crippen molar-refractivity contribution >= 4 is 5.65 Å². The van der Waals surface area contributed by atoms with Crippen molar-refractivity contribution in [2.75, 3.05) is 13.1 Å². The van der Waals surface area contributed by atoms with Gasteiger partial charge in [-0.05, 0) is 50.6 Å². The number of rotatable bonds is 4. The molecule has 0 radical (unpaired) electrons. The predicted octanol–water partition coefficient (Wildman–Crippen LogP) is 4.01. The van der Waals surface area contributed by atoms with Crippen LogP contribution in [0.25, 0.3) is 5.65 Å². The number of likely N-dealkylation sites (tertiary alicyclic amines) is 1. The molecule has 29 heavy (non-hydrogen) atoms. The number of hydrogen-bond acceptors (Lipinski definition) is 4. The van der Waals surface area contributed by atoms with Crippen molar-refractivity contribution in [3.8, 4) is 0 Å². The van der Waals surface area contributed by atoms with Gasteiger partial charge >= 0.3 is 0 Å². The third-order valence-corrected chi connectivity index (χ3v) is 6.13. The fourth-order valence-corrected chi connectivity index (χ4v) is 4.47. The molecule has 1 aromatic carbocycles. The number of aromatic nitrogens is 4. The Morgan fingerprint density at radius 2 is 1.66 bits per heavy atom. The van der Waals surface area contributed by atoms with Crippen molar-refractivity contribution in [2.45, 2.75) is 31.7 Å². The molecule has 1 fully saturated rings. The smallest absolute Gasteiger partial charge is 0.137 e. The Hall–Kier alpha value is -3.05. The fourth-order valence-electron chi connectivity index (χ4n) is 4.47. The Balaban J connectivity index is 1.44. The van der Waals surface area contributed by atoms with E-state index in [9.17, 15) is 0 Å². The van der Waals surface area contributed by atoms with Gasteiger partial charge in [-0.25, -0.2) is 15.0 Å². The number of pyridine rings is 1. The summed E-state index contributed by atoms with van der Waals surface area (Å²) in [7, 11) is 0. The number of imidazole rings is 1. The summed E-state index contributed by atoms with van der Waals surface area (Å²) in [5.74, 6) is 0.822. The van der Waals surface area contributed by atoms with Gasteiger partial charge in [-0.2, -0.15) is 0 Å². The minimum atomic E-state index is -0.0481. The Morgan fingerprint density at radius 1 is 0.931 bits per heavy atom. The van der Waals surface area contributed by atoms with Crippen LogP contribution >= 0.6 is 0 Å². The van der Waals surface area contributed by atoms with Gasteiger partial charge in [-0.1, -0.05) is 36.4 Å². The lowest BCUT2D eigenvalue weighted by molar-refractivity contribution is 0.170. The normalized spacial score (nSPS) is 16.9. The van der Waals surface area contributed by atoms with Gasteiger partial charge < -0.3 is 4.40 Å². The van der Waals surface area contributed by atoms with Gasteiger partial charge in [0.1, 0.15) is 11.5 Å². The maximum atomic E-state index is 5.03. The summed E-state index contributed by atoms with van der Waals surface area (Å²) in [6, 6.07) is 17.1. The number of nitrogens with zero attached hydrogens (tertiary/aromatic N) is 5. The fraction of sp³-hybridized carbons (Fsp3) is 0.292. The first kappa shape index (κ1) is 18.0. The number of hydrogen-bond donors (Lipinski definition) is 0. The predicted molar refractivity (Wildman–Crippen MR) is 114 cm³/mol. The van der Waals surface area contributed by atoms with Crippen LogP contribution in [0.5, 0.6) is 0 Å². The van der Waals surface area contributed by atoms with Gasteiger partial charge in [-0.15, -0.1) is 0 Å². The van der Waals surface area contributed by atoms with E-state index in [4.69, 9.17) is 4.98 Å². The van der Waals surface area contributed by atoms with Gasteiger partial charge in [-0.3, -0.25) is 4.90 Å². The van der Waals surface area contributed by atoms with Crippen molar-refractivity contribution in [3.05, 3.63) is 96.0 Å². The van der Waals surface area contributed by atoms with Crippen LogP contribution in [-0.2, 0) is 12.0 Å². The highest BCUT2D eigenvalue weighted by Crippen LogP contribution is 2.41. The molecule has 5 rings (SSSR count). The molecule has 1 aliphatic rings. The lowest BCUT2D eigenvalue weighted by atomic mass is 9.70. The van der Waals surface area contributed by atoms with Crippen molar-refractivity contribution in [1.82, 2.24) is 24.3 Å². The third-order valence-electron chi connectivity index (χ3n) is 6.13. The van der Waals surface area contributed by atoms with Crippen LogP contribution in [0.1, 0.15) is 35.5 Å². The monoisotopic (exact) mass is 383 g/mol. The van der Waals surface area contributed by atoms with Gasteiger partial charge in [0.2, 0.25) is 0 Å². The molecule has 3 aromatic heterocycles. The van der Waals surface area contributed by atoms with Gasteiger partial charge in [0.25, 0.3) is 0 Å². The Bertz CT molecular complexity index is 1060. The summed E-state index contributed by atoms with van der Waals surface area (Å²) >= 11 is 0. The summed E-state index contributed by atoms with van der Waals surface area (Å²) < 4.78 is 2.13. The molecule has 0 spiro atoms. The van der Waals surface area contributed by atoms with E-state index >= 15 is 0 Å². The molecular weight excluding hydrogens is 358 g/mol. The van der Waals surface area contributed by atoms with Crippen LogP contribution in [0, 0.1) is 6.92 Å². The second kappa shape index (κ2) is 7.41. The van der Waals surface area contributed by atoms with Crippen molar-refractivity contribution < 1.29 is 0 Å². The average molecular weight is 383 g/mol. The van der Waals surface area contributed by atoms with Gasteiger partial charge in [0.05, 0.1) is 5.69 Å². The Kier molecular flexibility index (Phi) is 4.60. The highest BCUT2D eigenvalue weighted by atomic mass is 15.1. The van der Waals surface area contributed by atoms with Crippen LogP contribution in [0.4, 0.5) is 0 Å². The minimum absolute atomic E-state index is 0.0481. The lowest BCUT2D eigenvalue weighted by Crippen LogP contribution is -2.43. The number of piperidine rings is 1. The zero-order chi connectivity index (χ0) is 19.7. The first-order valence-corrected chi connectivity index (χ1v) is 10.2. The molecule has 0 N–H and O–H groups in total. The molecule has 1 saturated heterocycles. The maximum absolute atomic E-state index is 5.03. The second-order valence-electron chi connectivity index (χ2n) is 7.96. The number of fused-ring (bicyclic) bond motifs is 1. The summed E-state index contributed by atoms with van der Waals surface area (Å²) in [5, 5.41) is 0. The second-order valence-corrected chi connectivity index (χ2v) is 7.96. The van der Waals surface area contributed by atoms with E-state index in [1.165, 1.54) is 16.8 Å². The highest BCUT2D eigenvalue weighted by molar-refractivity contribution is 5.45. The highest BCUT2D eigenvalue weighted by Gasteiger charge is 2.39. The van der Waals surface area contributed by atoms with Crippen molar-refractivity contribution in [1.29, 1.82) is 0 Å². The molecule has 4 heterocycles. The summed E-state index contributed by atoms with van der Waals surface area (Å²) in [6.07, 6.45) is 10.3.